The second-order valence-electron chi connectivity index (χ2n) is 0. The molecule has 0 nitrogen and oxygen atoms in total. The quantitative estimate of drug-likeness (QED) is 0.518. The van der Waals surface area contributed by atoms with Crippen LogP contribution in [0.2, 0.25) is 0 Å². The Morgan fingerprint density at radius 3 is 1.00 bits per heavy atom. The van der Waals surface area contributed by atoms with Crippen LogP contribution in [-0.2, 0) is 90.2 Å². The zero-order valence-electron chi connectivity index (χ0n) is 1.67. The van der Waals surface area contributed by atoms with Crippen LogP contribution in [0.25, 0.3) is 0 Å². The monoisotopic (exact) mass is 381 g/mol. The van der Waals surface area contributed by atoms with Crippen molar-refractivity contribution in [2.75, 3.05) is 0 Å². The summed E-state index contributed by atoms with van der Waals surface area (Å²) in [5.74, 6) is 0. The van der Waals surface area contributed by atoms with E-state index in [-0.39, 0.29) is 90.2 Å². The van der Waals surface area contributed by atoms with Gasteiger partial charge >= 0.3 is 0 Å². The van der Waals surface area contributed by atoms with E-state index < -0.39 is 0 Å². The summed E-state index contributed by atoms with van der Waals surface area (Å²) in [6.07, 6.45) is 0. The summed E-state index contributed by atoms with van der Waals surface area (Å²) in [5.41, 5.74) is 0. The molecule has 0 aromatic carbocycles. The van der Waals surface area contributed by atoms with Gasteiger partial charge in [0.2, 0.25) is 0 Å². The van der Waals surface area contributed by atoms with E-state index in [2.05, 4.69) is 0 Å². The van der Waals surface area contributed by atoms with Crippen LogP contribution in [0.3, 0.4) is 0 Å². The van der Waals surface area contributed by atoms with Crippen molar-refractivity contribution in [3.8, 4) is 0 Å². The standard InChI is InChI=1S/Co.Fe.Ni.Pd.Ru. The maximum atomic E-state index is 0. The maximum Gasteiger partial charge on any atom is 0 e. The van der Waals surface area contributed by atoms with Gasteiger partial charge in [0.25, 0.3) is 0 Å². The molecule has 0 aromatic rings. The first-order valence-electron chi connectivity index (χ1n) is 0. The minimum absolute atomic E-state index is 0. The second kappa shape index (κ2) is 29.1. The molecule has 0 aromatic heterocycles. The summed E-state index contributed by atoms with van der Waals surface area (Å²) < 4.78 is 0. The minimum Gasteiger partial charge on any atom is 0 e. The molecule has 0 fully saturated rings. The van der Waals surface area contributed by atoms with Gasteiger partial charge in [0, 0.05) is 90.2 Å². The van der Waals surface area contributed by atoms with Crippen LogP contribution in [0.5, 0.6) is 0 Å². The Morgan fingerprint density at radius 2 is 1.00 bits per heavy atom. The predicted molar refractivity (Wildman–Crippen MR) is 0 cm³/mol. The van der Waals surface area contributed by atoms with Crippen molar-refractivity contribution in [1.82, 2.24) is 0 Å². The Hall–Kier alpha value is 2.81. The molecule has 0 atom stereocenters. The molecule has 0 bridgehead atoms. The average molecular weight is 381 g/mol. The SMILES string of the molecule is [Co].[Fe].[Ni].[Pd].[Ru]. The van der Waals surface area contributed by atoms with Crippen molar-refractivity contribution < 1.29 is 90.2 Å². The molecule has 45 valence electrons. The number of hydrogen-bond acceptors (Lipinski definition) is 0. The molecule has 0 aliphatic rings. The first kappa shape index (κ1) is 45.9. The molecular formula is CoFeNiPdRu. The first-order chi connectivity index (χ1) is 0. The number of rotatable bonds is 0. The van der Waals surface area contributed by atoms with Gasteiger partial charge in [0.05, 0.1) is 0 Å². The van der Waals surface area contributed by atoms with E-state index in [4.69, 9.17) is 0 Å². The van der Waals surface area contributed by atoms with Gasteiger partial charge in [0.15, 0.2) is 0 Å². The van der Waals surface area contributed by atoms with Crippen molar-refractivity contribution in [3.05, 3.63) is 0 Å². The van der Waals surface area contributed by atoms with Gasteiger partial charge in [-0.1, -0.05) is 0 Å². The van der Waals surface area contributed by atoms with Crippen molar-refractivity contribution in [1.29, 1.82) is 0 Å². The normalized spacial score (nSPS) is 0. The molecule has 0 heterocycles. The van der Waals surface area contributed by atoms with Gasteiger partial charge in [0.1, 0.15) is 0 Å². The van der Waals surface area contributed by atoms with E-state index in [9.17, 15) is 0 Å². The summed E-state index contributed by atoms with van der Waals surface area (Å²) in [6, 6.07) is 0. The molecule has 0 aliphatic carbocycles. The third-order valence-electron chi connectivity index (χ3n) is 0. The molecule has 0 amide bonds. The summed E-state index contributed by atoms with van der Waals surface area (Å²) >= 11 is 0. The Balaban J connectivity index is 0. The fourth-order valence-electron chi connectivity index (χ4n) is 0. The van der Waals surface area contributed by atoms with E-state index in [0.717, 1.165) is 0 Å². The Bertz CT molecular complexity index is 11.6. The van der Waals surface area contributed by atoms with Crippen LogP contribution in [0.15, 0.2) is 0 Å². The molecule has 0 saturated carbocycles. The van der Waals surface area contributed by atoms with E-state index in [1.165, 1.54) is 0 Å². The first-order valence-corrected chi connectivity index (χ1v) is 0. The topological polar surface area (TPSA) is 0 Å². The summed E-state index contributed by atoms with van der Waals surface area (Å²) in [7, 11) is 0. The van der Waals surface area contributed by atoms with Crippen LogP contribution >= 0.6 is 0 Å². The fraction of sp³-hybridized carbons (Fsp3) is 0. The minimum atomic E-state index is 0. The average Bonchev–Trinajstić information content (AvgIpc) is 0. The van der Waals surface area contributed by atoms with E-state index in [0.29, 0.717) is 0 Å². The molecule has 0 N–H and O–H groups in total. The Morgan fingerprint density at radius 1 is 1.00 bits per heavy atom. The maximum absolute atomic E-state index is 0. The molecule has 5 heteroatoms. The summed E-state index contributed by atoms with van der Waals surface area (Å²) in [6.45, 7) is 0. The predicted octanol–water partition coefficient (Wildman–Crippen LogP) is -0.0125. The van der Waals surface area contributed by atoms with Crippen molar-refractivity contribution >= 4 is 0 Å². The van der Waals surface area contributed by atoms with Gasteiger partial charge < -0.3 is 0 Å². The fourth-order valence-corrected chi connectivity index (χ4v) is 0. The molecule has 1 radical (unpaired) electrons. The second-order valence-corrected chi connectivity index (χ2v) is 0. The summed E-state index contributed by atoms with van der Waals surface area (Å²) in [4.78, 5) is 0. The van der Waals surface area contributed by atoms with Gasteiger partial charge in [-0.3, -0.25) is 0 Å². The van der Waals surface area contributed by atoms with E-state index in [1.54, 1.807) is 0 Å². The van der Waals surface area contributed by atoms with Crippen LogP contribution < -0.4 is 0 Å². The van der Waals surface area contributed by atoms with Crippen LogP contribution in [-0.4, -0.2) is 0 Å². The molecule has 0 spiro atoms. The van der Waals surface area contributed by atoms with Crippen molar-refractivity contribution in [2.45, 2.75) is 0 Å². The van der Waals surface area contributed by atoms with Crippen LogP contribution in [0, 0.1) is 0 Å². The van der Waals surface area contributed by atoms with Gasteiger partial charge in [-0.2, -0.15) is 0 Å². The molecule has 5 heavy (non-hydrogen) atoms. The van der Waals surface area contributed by atoms with Gasteiger partial charge in [-0.15, -0.1) is 0 Å². The zero-order valence-corrected chi connectivity index (χ0v) is 8.10. The molecule has 0 saturated heterocycles. The largest absolute Gasteiger partial charge is 0 e. The molecule has 0 aliphatic heterocycles. The van der Waals surface area contributed by atoms with Gasteiger partial charge in [-0.25, -0.2) is 0 Å². The van der Waals surface area contributed by atoms with Crippen LogP contribution in [0.4, 0.5) is 0 Å². The summed E-state index contributed by atoms with van der Waals surface area (Å²) in [5, 5.41) is 0. The van der Waals surface area contributed by atoms with E-state index >= 15 is 0 Å². The Kier molecular flexibility index (Phi) is 268. The molecular weight excluding hydrogens is 381 g/mol. The third kappa shape index (κ3) is 20.0. The van der Waals surface area contributed by atoms with Crippen molar-refractivity contribution in [2.24, 2.45) is 0 Å². The van der Waals surface area contributed by atoms with Gasteiger partial charge in [-0.05, 0) is 0 Å². The molecule has 0 rings (SSSR count). The van der Waals surface area contributed by atoms with Crippen LogP contribution in [0.1, 0.15) is 0 Å². The third-order valence-corrected chi connectivity index (χ3v) is 0. The number of hydrogen-bond donors (Lipinski definition) is 0. The molecule has 0 unspecified atom stereocenters. The van der Waals surface area contributed by atoms with E-state index in [1.807, 2.05) is 0 Å². The smallest absolute Gasteiger partial charge is 0 e. The zero-order chi connectivity index (χ0) is 0. The van der Waals surface area contributed by atoms with Crippen molar-refractivity contribution in [3.63, 3.8) is 0 Å². The Labute approximate surface area is 89.0 Å².